The summed E-state index contributed by atoms with van der Waals surface area (Å²) in [6, 6.07) is 0. The number of carbonyl (C=O) groups excluding carboxylic acids is 1. The predicted octanol–water partition coefficient (Wildman–Crippen LogP) is 2.14. The SMILES string of the molecule is CC(CCN)OC1CCN(C(=O)OC(C)(C)C)CC1. The maximum absolute atomic E-state index is 11.9. The third kappa shape index (κ3) is 6.25. The Labute approximate surface area is 116 Å². The third-order valence-electron chi connectivity index (χ3n) is 3.09. The smallest absolute Gasteiger partial charge is 0.410 e. The van der Waals surface area contributed by atoms with Crippen LogP contribution in [-0.2, 0) is 9.47 Å². The van der Waals surface area contributed by atoms with E-state index in [1.165, 1.54) is 0 Å². The van der Waals surface area contributed by atoms with Gasteiger partial charge in [0.2, 0.25) is 0 Å². The van der Waals surface area contributed by atoms with E-state index >= 15 is 0 Å². The van der Waals surface area contributed by atoms with Crippen molar-refractivity contribution in [3.05, 3.63) is 0 Å². The number of ether oxygens (including phenoxy) is 2. The van der Waals surface area contributed by atoms with Crippen LogP contribution in [0.5, 0.6) is 0 Å². The normalized spacial score (nSPS) is 19.3. The van der Waals surface area contributed by atoms with Crippen molar-refractivity contribution in [1.82, 2.24) is 4.90 Å². The van der Waals surface area contributed by atoms with E-state index in [2.05, 4.69) is 0 Å². The van der Waals surface area contributed by atoms with Gasteiger partial charge in [0.05, 0.1) is 12.2 Å². The summed E-state index contributed by atoms with van der Waals surface area (Å²) >= 11 is 0. The van der Waals surface area contributed by atoms with Gasteiger partial charge < -0.3 is 20.1 Å². The van der Waals surface area contributed by atoms with Crippen molar-refractivity contribution in [3.63, 3.8) is 0 Å². The number of likely N-dealkylation sites (tertiary alicyclic amines) is 1. The van der Waals surface area contributed by atoms with E-state index in [1.807, 2.05) is 27.7 Å². The van der Waals surface area contributed by atoms with Gasteiger partial charge in [0.25, 0.3) is 0 Å². The average Bonchev–Trinajstić information content (AvgIpc) is 2.27. The van der Waals surface area contributed by atoms with Gasteiger partial charge in [-0.2, -0.15) is 0 Å². The standard InChI is InChI=1S/C14H28N2O3/c1-11(5-8-15)18-12-6-9-16(10-7-12)13(17)19-14(2,3)4/h11-12H,5-10,15H2,1-4H3. The molecule has 1 aliphatic rings. The molecule has 1 unspecified atom stereocenters. The zero-order valence-electron chi connectivity index (χ0n) is 12.6. The minimum absolute atomic E-state index is 0.197. The molecule has 2 N–H and O–H groups in total. The number of nitrogens with zero attached hydrogens (tertiary/aromatic N) is 1. The first-order valence-electron chi connectivity index (χ1n) is 7.15. The van der Waals surface area contributed by atoms with Crippen LogP contribution in [0.25, 0.3) is 0 Å². The Hall–Kier alpha value is -0.810. The largest absolute Gasteiger partial charge is 0.444 e. The summed E-state index contributed by atoms with van der Waals surface area (Å²) in [5.74, 6) is 0. The van der Waals surface area contributed by atoms with E-state index in [1.54, 1.807) is 4.90 Å². The topological polar surface area (TPSA) is 64.8 Å². The molecule has 0 aromatic carbocycles. The van der Waals surface area contributed by atoms with Crippen LogP contribution < -0.4 is 5.73 Å². The molecule has 112 valence electrons. The molecule has 5 heteroatoms. The van der Waals surface area contributed by atoms with Crippen LogP contribution in [0.15, 0.2) is 0 Å². The van der Waals surface area contributed by atoms with Gasteiger partial charge >= 0.3 is 6.09 Å². The van der Waals surface area contributed by atoms with Gasteiger partial charge in [-0.15, -0.1) is 0 Å². The van der Waals surface area contributed by atoms with E-state index in [-0.39, 0.29) is 18.3 Å². The van der Waals surface area contributed by atoms with Gasteiger partial charge in [-0.05, 0) is 53.5 Å². The van der Waals surface area contributed by atoms with Gasteiger partial charge in [-0.1, -0.05) is 0 Å². The Bertz CT molecular complexity index is 281. The molecule has 1 saturated heterocycles. The molecule has 1 heterocycles. The van der Waals surface area contributed by atoms with Crippen LogP contribution in [0.2, 0.25) is 0 Å². The van der Waals surface area contributed by atoms with E-state index in [9.17, 15) is 4.79 Å². The van der Waals surface area contributed by atoms with Crippen molar-refractivity contribution >= 4 is 6.09 Å². The molecule has 0 aliphatic carbocycles. The van der Waals surface area contributed by atoms with Crippen molar-refractivity contribution in [2.75, 3.05) is 19.6 Å². The molecule has 1 rings (SSSR count). The van der Waals surface area contributed by atoms with Gasteiger partial charge in [0, 0.05) is 13.1 Å². The van der Waals surface area contributed by atoms with Crippen LogP contribution in [0.3, 0.4) is 0 Å². The van der Waals surface area contributed by atoms with E-state index in [0.717, 1.165) is 19.3 Å². The number of amides is 1. The monoisotopic (exact) mass is 272 g/mol. The lowest BCUT2D eigenvalue weighted by atomic mass is 10.1. The fourth-order valence-electron chi connectivity index (χ4n) is 2.13. The fraction of sp³-hybridized carbons (Fsp3) is 0.929. The van der Waals surface area contributed by atoms with Gasteiger partial charge in [-0.25, -0.2) is 4.79 Å². The van der Waals surface area contributed by atoms with E-state index in [0.29, 0.717) is 19.6 Å². The highest BCUT2D eigenvalue weighted by atomic mass is 16.6. The molecule has 1 fully saturated rings. The summed E-state index contributed by atoms with van der Waals surface area (Å²) in [5.41, 5.74) is 5.08. The van der Waals surface area contributed by atoms with Gasteiger partial charge in [0.15, 0.2) is 0 Å². The molecule has 0 saturated carbocycles. The minimum atomic E-state index is -0.430. The summed E-state index contributed by atoms with van der Waals surface area (Å²) in [7, 11) is 0. The quantitative estimate of drug-likeness (QED) is 0.851. The number of hydrogen-bond acceptors (Lipinski definition) is 4. The maximum atomic E-state index is 11.9. The lowest BCUT2D eigenvalue weighted by Crippen LogP contribution is -2.44. The number of nitrogens with two attached hydrogens (primary N) is 1. The Morgan fingerprint density at radius 3 is 2.42 bits per heavy atom. The van der Waals surface area contributed by atoms with Crippen LogP contribution in [0.4, 0.5) is 4.79 Å². The van der Waals surface area contributed by atoms with Crippen LogP contribution in [0, 0.1) is 0 Å². The Morgan fingerprint density at radius 2 is 1.95 bits per heavy atom. The van der Waals surface area contributed by atoms with E-state index in [4.69, 9.17) is 15.2 Å². The number of rotatable bonds is 4. The highest BCUT2D eigenvalue weighted by Crippen LogP contribution is 2.18. The first-order chi connectivity index (χ1) is 8.81. The lowest BCUT2D eigenvalue weighted by molar-refractivity contribution is -0.0412. The molecule has 0 aromatic heterocycles. The first-order valence-corrected chi connectivity index (χ1v) is 7.15. The Balaban J connectivity index is 2.30. The molecular weight excluding hydrogens is 244 g/mol. The highest BCUT2D eigenvalue weighted by Gasteiger charge is 2.27. The zero-order chi connectivity index (χ0) is 14.5. The summed E-state index contributed by atoms with van der Waals surface area (Å²) in [5, 5.41) is 0. The molecule has 5 nitrogen and oxygen atoms in total. The average molecular weight is 272 g/mol. The fourth-order valence-corrected chi connectivity index (χ4v) is 2.13. The molecule has 0 bridgehead atoms. The minimum Gasteiger partial charge on any atom is -0.444 e. The summed E-state index contributed by atoms with van der Waals surface area (Å²) in [6.07, 6.45) is 2.83. The number of carbonyl (C=O) groups is 1. The van der Waals surface area contributed by atoms with Crippen LogP contribution >= 0.6 is 0 Å². The summed E-state index contributed by atoms with van der Waals surface area (Å²) in [6.45, 7) is 9.76. The zero-order valence-corrected chi connectivity index (χ0v) is 12.6. The van der Waals surface area contributed by atoms with Crippen molar-refractivity contribution in [2.24, 2.45) is 5.73 Å². The van der Waals surface area contributed by atoms with Crippen LogP contribution in [0.1, 0.15) is 47.0 Å². The molecule has 19 heavy (non-hydrogen) atoms. The van der Waals surface area contributed by atoms with Crippen molar-refractivity contribution in [2.45, 2.75) is 64.8 Å². The summed E-state index contributed by atoms with van der Waals surface area (Å²) < 4.78 is 11.3. The molecule has 0 spiro atoms. The lowest BCUT2D eigenvalue weighted by Gasteiger charge is -2.34. The highest BCUT2D eigenvalue weighted by molar-refractivity contribution is 5.68. The van der Waals surface area contributed by atoms with Crippen molar-refractivity contribution < 1.29 is 14.3 Å². The number of hydrogen-bond donors (Lipinski definition) is 1. The molecule has 0 radical (unpaired) electrons. The molecule has 1 atom stereocenters. The first kappa shape index (κ1) is 16.2. The maximum Gasteiger partial charge on any atom is 0.410 e. The Morgan fingerprint density at radius 1 is 1.37 bits per heavy atom. The Kier molecular flexibility index (Phi) is 6.07. The molecule has 1 aliphatic heterocycles. The van der Waals surface area contributed by atoms with E-state index < -0.39 is 5.60 Å². The third-order valence-corrected chi connectivity index (χ3v) is 3.09. The van der Waals surface area contributed by atoms with Crippen LogP contribution in [-0.4, -0.2) is 48.4 Å². The second-order valence-electron chi connectivity index (χ2n) is 6.19. The summed E-state index contributed by atoms with van der Waals surface area (Å²) in [4.78, 5) is 13.7. The van der Waals surface area contributed by atoms with Crippen molar-refractivity contribution in [3.8, 4) is 0 Å². The second-order valence-corrected chi connectivity index (χ2v) is 6.19. The molecule has 1 amide bonds. The predicted molar refractivity (Wildman–Crippen MR) is 75.0 cm³/mol. The second kappa shape index (κ2) is 7.10. The molecular formula is C14H28N2O3. The van der Waals surface area contributed by atoms with Crippen molar-refractivity contribution in [1.29, 1.82) is 0 Å². The van der Waals surface area contributed by atoms with Gasteiger partial charge in [-0.3, -0.25) is 0 Å². The molecule has 0 aromatic rings. The number of piperidine rings is 1. The van der Waals surface area contributed by atoms with Gasteiger partial charge in [0.1, 0.15) is 5.60 Å².